The van der Waals surface area contributed by atoms with Crippen molar-refractivity contribution in [3.8, 4) is 0 Å². The van der Waals surface area contributed by atoms with Gasteiger partial charge in [-0.05, 0) is 37.5 Å². The summed E-state index contributed by atoms with van der Waals surface area (Å²) < 4.78 is 5.93. The van der Waals surface area contributed by atoms with Gasteiger partial charge in [0.15, 0.2) is 0 Å². The van der Waals surface area contributed by atoms with E-state index in [1.165, 1.54) is 51.4 Å². The molecule has 2 aliphatic carbocycles. The average molecular weight is 311 g/mol. The highest BCUT2D eigenvalue weighted by Gasteiger charge is 2.42. The van der Waals surface area contributed by atoms with Gasteiger partial charge in [0.1, 0.15) is 6.10 Å². The Morgan fingerprint density at radius 2 is 1.62 bits per heavy atom. The van der Waals surface area contributed by atoms with E-state index in [1.807, 2.05) is 0 Å². The van der Waals surface area contributed by atoms with Crippen LogP contribution in [0.4, 0.5) is 0 Å². The molecule has 0 saturated heterocycles. The molecule has 2 nitrogen and oxygen atoms in total. The van der Waals surface area contributed by atoms with Gasteiger partial charge < -0.3 is 4.74 Å². The Bertz CT molecular complexity index is 328. The summed E-state index contributed by atoms with van der Waals surface area (Å²) >= 11 is 0. The van der Waals surface area contributed by atoms with Crippen LogP contribution in [-0.4, -0.2) is 22.3 Å². The standard InChI is InChI=1S/C18H34O2Si/c1-3-16(14-10-6-4-7-11-14)18(2,21)17(19)20-15-12-8-5-9-13-15/h14-16H,3-13H2,1-2,21H3. The molecule has 122 valence electrons. The molecule has 0 aromatic heterocycles. The fourth-order valence-electron chi connectivity index (χ4n) is 4.61. The first-order chi connectivity index (χ1) is 10.1. The minimum Gasteiger partial charge on any atom is -0.462 e. The zero-order valence-electron chi connectivity index (χ0n) is 14.3. The van der Waals surface area contributed by atoms with Crippen molar-refractivity contribution in [1.82, 2.24) is 0 Å². The molecule has 0 amide bonds. The topological polar surface area (TPSA) is 26.3 Å². The van der Waals surface area contributed by atoms with Gasteiger partial charge in [0.2, 0.25) is 0 Å². The minimum absolute atomic E-state index is 0.124. The highest BCUT2D eigenvalue weighted by molar-refractivity contribution is 6.27. The number of carbonyl (C=O) groups excluding carboxylic acids is 1. The number of hydrogen-bond donors (Lipinski definition) is 0. The lowest BCUT2D eigenvalue weighted by molar-refractivity contribution is -0.156. The minimum atomic E-state index is -0.186. The van der Waals surface area contributed by atoms with Crippen molar-refractivity contribution in [3.63, 3.8) is 0 Å². The highest BCUT2D eigenvalue weighted by atomic mass is 28.1. The summed E-state index contributed by atoms with van der Waals surface area (Å²) in [4.78, 5) is 12.8. The van der Waals surface area contributed by atoms with Crippen LogP contribution in [0.25, 0.3) is 0 Å². The number of ether oxygens (including phenoxy) is 1. The van der Waals surface area contributed by atoms with Gasteiger partial charge in [-0.3, -0.25) is 4.79 Å². The normalized spacial score (nSPS) is 26.2. The van der Waals surface area contributed by atoms with Gasteiger partial charge in [0, 0.05) is 10.2 Å². The predicted octanol–water partition coefficient (Wildman–Crippen LogP) is 4.01. The molecule has 2 aliphatic rings. The van der Waals surface area contributed by atoms with Gasteiger partial charge in [-0.15, -0.1) is 0 Å². The van der Waals surface area contributed by atoms with E-state index >= 15 is 0 Å². The van der Waals surface area contributed by atoms with Gasteiger partial charge >= 0.3 is 5.97 Å². The Labute approximate surface area is 133 Å². The fraction of sp³-hybridized carbons (Fsp3) is 0.944. The molecule has 0 aliphatic heterocycles. The Morgan fingerprint density at radius 1 is 1.10 bits per heavy atom. The molecule has 0 radical (unpaired) electrons. The van der Waals surface area contributed by atoms with Gasteiger partial charge in [-0.1, -0.05) is 58.8 Å². The molecule has 3 heteroatoms. The molecular weight excluding hydrogens is 276 g/mol. The van der Waals surface area contributed by atoms with Gasteiger partial charge in [-0.25, -0.2) is 0 Å². The summed E-state index contributed by atoms with van der Waals surface area (Å²) in [6.45, 7) is 4.45. The van der Waals surface area contributed by atoms with Crippen LogP contribution in [0.3, 0.4) is 0 Å². The van der Waals surface area contributed by atoms with E-state index in [-0.39, 0.29) is 17.1 Å². The van der Waals surface area contributed by atoms with E-state index in [0.29, 0.717) is 5.92 Å². The molecule has 0 aromatic rings. The van der Waals surface area contributed by atoms with Crippen LogP contribution in [0.2, 0.25) is 5.04 Å². The summed E-state index contributed by atoms with van der Waals surface area (Å²) in [5.41, 5.74) is 0. The first-order valence-corrected chi connectivity index (χ1v) is 10.3. The maximum Gasteiger partial charge on any atom is 0.308 e. The van der Waals surface area contributed by atoms with Crippen molar-refractivity contribution < 1.29 is 9.53 Å². The van der Waals surface area contributed by atoms with Crippen LogP contribution in [0.5, 0.6) is 0 Å². The second kappa shape index (κ2) is 7.80. The van der Waals surface area contributed by atoms with Crippen molar-refractivity contribution in [2.75, 3.05) is 0 Å². The SMILES string of the molecule is CCC(C1CCCCC1)C(C)([SiH3])C(=O)OC1CCCCC1. The molecule has 2 rings (SSSR count). The Balaban J connectivity index is 1.97. The lowest BCUT2D eigenvalue weighted by atomic mass is 9.72. The second-order valence-corrected chi connectivity index (χ2v) is 9.88. The highest BCUT2D eigenvalue weighted by Crippen LogP contribution is 2.45. The third-order valence-corrected chi connectivity index (χ3v) is 7.09. The van der Waals surface area contributed by atoms with E-state index in [4.69, 9.17) is 4.74 Å². The molecule has 0 bridgehead atoms. The monoisotopic (exact) mass is 310 g/mol. The molecule has 2 fully saturated rings. The quantitative estimate of drug-likeness (QED) is 0.566. The van der Waals surface area contributed by atoms with Crippen LogP contribution in [-0.2, 0) is 9.53 Å². The largest absolute Gasteiger partial charge is 0.462 e. The summed E-state index contributed by atoms with van der Waals surface area (Å²) in [6.07, 6.45) is 14.0. The lowest BCUT2D eigenvalue weighted by Crippen LogP contribution is -2.38. The van der Waals surface area contributed by atoms with Gasteiger partial charge in [0.05, 0.1) is 5.04 Å². The summed E-state index contributed by atoms with van der Waals surface area (Å²) in [5.74, 6) is 1.42. The van der Waals surface area contributed by atoms with Crippen molar-refractivity contribution in [3.05, 3.63) is 0 Å². The van der Waals surface area contributed by atoms with Crippen LogP contribution in [0, 0.1) is 11.8 Å². The van der Waals surface area contributed by atoms with Crippen molar-refractivity contribution in [1.29, 1.82) is 0 Å². The summed E-state index contributed by atoms with van der Waals surface area (Å²) in [6, 6.07) is 0. The van der Waals surface area contributed by atoms with Crippen LogP contribution in [0.15, 0.2) is 0 Å². The van der Waals surface area contributed by atoms with Crippen molar-refractivity contribution in [2.45, 2.75) is 95.6 Å². The Kier molecular flexibility index (Phi) is 6.33. The van der Waals surface area contributed by atoms with Crippen LogP contribution in [0.1, 0.15) is 84.5 Å². The molecule has 2 saturated carbocycles. The Morgan fingerprint density at radius 3 is 2.14 bits per heavy atom. The van der Waals surface area contributed by atoms with E-state index in [2.05, 4.69) is 13.8 Å². The average Bonchev–Trinajstić information content (AvgIpc) is 2.50. The summed E-state index contributed by atoms with van der Waals surface area (Å²) in [7, 11) is 0.914. The molecule has 2 atom stereocenters. The smallest absolute Gasteiger partial charge is 0.308 e. The van der Waals surface area contributed by atoms with E-state index < -0.39 is 0 Å². The second-order valence-electron chi connectivity index (χ2n) is 7.80. The third-order valence-electron chi connectivity index (χ3n) is 5.94. The van der Waals surface area contributed by atoms with Crippen molar-refractivity contribution in [2.24, 2.45) is 11.8 Å². The zero-order chi connectivity index (χ0) is 15.3. The maximum atomic E-state index is 12.8. The molecular formula is C18H34O2Si. The molecule has 0 heterocycles. The van der Waals surface area contributed by atoms with Crippen LogP contribution >= 0.6 is 0 Å². The number of carbonyl (C=O) groups is 1. The number of esters is 1. The van der Waals surface area contributed by atoms with Crippen molar-refractivity contribution >= 4 is 16.2 Å². The van der Waals surface area contributed by atoms with E-state index in [0.717, 1.165) is 35.4 Å². The van der Waals surface area contributed by atoms with E-state index in [9.17, 15) is 4.79 Å². The van der Waals surface area contributed by atoms with Crippen LogP contribution < -0.4 is 0 Å². The number of hydrogen-bond acceptors (Lipinski definition) is 2. The molecule has 0 aromatic carbocycles. The maximum absolute atomic E-state index is 12.8. The molecule has 0 N–H and O–H groups in total. The fourth-order valence-corrected chi connectivity index (χ4v) is 5.60. The first kappa shape index (κ1) is 17.0. The van der Waals surface area contributed by atoms with Gasteiger partial charge in [-0.2, -0.15) is 0 Å². The summed E-state index contributed by atoms with van der Waals surface area (Å²) in [5, 5.41) is -0.186. The van der Waals surface area contributed by atoms with Gasteiger partial charge in [0.25, 0.3) is 0 Å². The van der Waals surface area contributed by atoms with E-state index in [1.54, 1.807) is 0 Å². The number of rotatable bonds is 5. The molecule has 21 heavy (non-hydrogen) atoms. The first-order valence-electron chi connectivity index (χ1n) is 9.26. The molecule has 0 spiro atoms. The Hall–Kier alpha value is -0.313. The zero-order valence-corrected chi connectivity index (χ0v) is 16.3. The lowest BCUT2D eigenvalue weighted by Gasteiger charge is -2.40. The third kappa shape index (κ3) is 4.34. The predicted molar refractivity (Wildman–Crippen MR) is 91.6 cm³/mol. The molecule has 2 unspecified atom stereocenters.